The zero-order valence-corrected chi connectivity index (χ0v) is 17.0. The minimum absolute atomic E-state index is 0.0648. The number of carbonyl (C=O) groups excluding carboxylic acids is 1. The van der Waals surface area contributed by atoms with E-state index < -0.39 is 0 Å². The first-order chi connectivity index (χ1) is 13.5. The first kappa shape index (κ1) is 19.8. The second-order valence-electron chi connectivity index (χ2n) is 6.44. The van der Waals surface area contributed by atoms with Crippen molar-refractivity contribution in [2.24, 2.45) is 0 Å². The van der Waals surface area contributed by atoms with Crippen molar-refractivity contribution in [1.29, 1.82) is 0 Å². The van der Waals surface area contributed by atoms with Crippen LogP contribution in [0.5, 0.6) is 0 Å². The monoisotopic (exact) mass is 393 g/mol. The van der Waals surface area contributed by atoms with Gasteiger partial charge in [0.05, 0.1) is 10.9 Å². The molecule has 1 atom stereocenters. The number of thioether (sulfide) groups is 1. The fourth-order valence-electron chi connectivity index (χ4n) is 2.66. The Morgan fingerprint density at radius 1 is 1.21 bits per heavy atom. The molecule has 0 fully saturated rings. The predicted molar refractivity (Wildman–Crippen MR) is 113 cm³/mol. The zero-order valence-electron chi connectivity index (χ0n) is 16.2. The van der Waals surface area contributed by atoms with Gasteiger partial charge in [0.2, 0.25) is 5.91 Å². The Bertz CT molecular complexity index is 984. The fraction of sp³-hybridized carbons (Fsp3) is 0.238. The number of hydrogen-bond acceptors (Lipinski definition) is 5. The van der Waals surface area contributed by atoms with Crippen LogP contribution in [0.1, 0.15) is 18.1 Å². The molecule has 2 heterocycles. The summed E-state index contributed by atoms with van der Waals surface area (Å²) in [4.78, 5) is 16.4. The molecule has 144 valence electrons. The van der Waals surface area contributed by atoms with Crippen LogP contribution >= 0.6 is 11.8 Å². The van der Waals surface area contributed by atoms with E-state index in [2.05, 4.69) is 53.1 Å². The summed E-state index contributed by atoms with van der Waals surface area (Å²) < 4.78 is 1.99. The van der Waals surface area contributed by atoms with Gasteiger partial charge in [-0.1, -0.05) is 23.9 Å². The number of benzene rings is 1. The number of carbonyl (C=O) groups is 1. The highest BCUT2D eigenvalue weighted by Gasteiger charge is 2.21. The van der Waals surface area contributed by atoms with E-state index in [0.29, 0.717) is 17.5 Å². The highest BCUT2D eigenvalue weighted by atomic mass is 32.2. The largest absolute Gasteiger partial charge is 0.352 e. The van der Waals surface area contributed by atoms with Gasteiger partial charge in [0.25, 0.3) is 0 Å². The van der Waals surface area contributed by atoms with E-state index in [1.807, 2.05) is 29.7 Å². The number of nitrogens with one attached hydrogen (secondary N) is 1. The van der Waals surface area contributed by atoms with Gasteiger partial charge in [-0.2, -0.15) is 0 Å². The van der Waals surface area contributed by atoms with Crippen LogP contribution < -0.4 is 5.32 Å². The molecule has 1 N–H and O–H groups in total. The Hall–Kier alpha value is -2.93. The van der Waals surface area contributed by atoms with E-state index in [9.17, 15) is 4.79 Å². The molecular formula is C21H23N5OS. The summed E-state index contributed by atoms with van der Waals surface area (Å²) in [7, 11) is 0. The summed E-state index contributed by atoms with van der Waals surface area (Å²) in [5.74, 6) is 0.650. The van der Waals surface area contributed by atoms with Crippen molar-refractivity contribution in [1.82, 2.24) is 25.1 Å². The Balaban J connectivity index is 2.03. The topological polar surface area (TPSA) is 72.7 Å². The quantitative estimate of drug-likeness (QED) is 0.489. The Morgan fingerprint density at radius 3 is 2.64 bits per heavy atom. The van der Waals surface area contributed by atoms with Crippen molar-refractivity contribution in [3.05, 3.63) is 66.5 Å². The number of pyridine rings is 1. The number of rotatable bonds is 7. The zero-order chi connectivity index (χ0) is 20.1. The maximum absolute atomic E-state index is 12.3. The molecule has 0 aliphatic heterocycles. The summed E-state index contributed by atoms with van der Waals surface area (Å²) in [6, 6.07) is 10.0. The van der Waals surface area contributed by atoms with Crippen LogP contribution in [-0.4, -0.2) is 37.5 Å². The molecule has 0 spiro atoms. The van der Waals surface area contributed by atoms with Crippen molar-refractivity contribution in [3.63, 3.8) is 0 Å². The van der Waals surface area contributed by atoms with Gasteiger partial charge in [-0.3, -0.25) is 14.3 Å². The molecule has 2 aromatic heterocycles. The Kier molecular flexibility index (Phi) is 6.26. The fourth-order valence-corrected chi connectivity index (χ4v) is 3.55. The molecule has 0 aliphatic carbocycles. The molecule has 0 saturated carbocycles. The predicted octanol–water partition coefficient (Wildman–Crippen LogP) is 3.73. The summed E-state index contributed by atoms with van der Waals surface area (Å²) >= 11 is 1.38. The van der Waals surface area contributed by atoms with Gasteiger partial charge < -0.3 is 5.32 Å². The lowest BCUT2D eigenvalue weighted by Crippen LogP contribution is -2.31. The minimum atomic E-state index is -0.320. The SMILES string of the molecule is C=CCNC(=O)C(C)Sc1nnc(-c2ccncc2)n1-c1ccc(C)c(C)c1. The summed E-state index contributed by atoms with van der Waals surface area (Å²) in [5.41, 5.74) is 4.27. The van der Waals surface area contributed by atoms with Gasteiger partial charge in [0.15, 0.2) is 11.0 Å². The molecule has 0 aliphatic rings. The molecule has 1 aromatic carbocycles. The van der Waals surface area contributed by atoms with Crippen molar-refractivity contribution >= 4 is 17.7 Å². The first-order valence-electron chi connectivity index (χ1n) is 9.00. The lowest BCUT2D eigenvalue weighted by atomic mass is 10.1. The van der Waals surface area contributed by atoms with Gasteiger partial charge in [-0.15, -0.1) is 16.8 Å². The number of hydrogen-bond donors (Lipinski definition) is 1. The van der Waals surface area contributed by atoms with Crippen molar-refractivity contribution in [2.45, 2.75) is 31.2 Å². The van der Waals surface area contributed by atoms with Crippen LogP contribution in [0.15, 0.2) is 60.5 Å². The van der Waals surface area contributed by atoms with E-state index in [0.717, 1.165) is 11.3 Å². The lowest BCUT2D eigenvalue weighted by Gasteiger charge is -2.14. The minimum Gasteiger partial charge on any atom is -0.352 e. The number of nitrogens with zero attached hydrogens (tertiary/aromatic N) is 4. The third kappa shape index (κ3) is 4.31. The van der Waals surface area contributed by atoms with Crippen LogP contribution in [0.4, 0.5) is 0 Å². The molecule has 0 radical (unpaired) electrons. The Labute approximate surface area is 169 Å². The molecule has 1 amide bonds. The maximum Gasteiger partial charge on any atom is 0.233 e. The van der Waals surface area contributed by atoms with Crippen molar-refractivity contribution in [3.8, 4) is 17.1 Å². The van der Waals surface area contributed by atoms with Gasteiger partial charge in [-0.25, -0.2) is 0 Å². The van der Waals surface area contributed by atoms with E-state index in [4.69, 9.17) is 0 Å². The molecule has 0 bridgehead atoms. The average Bonchev–Trinajstić information content (AvgIpc) is 3.12. The van der Waals surface area contributed by atoms with Gasteiger partial charge in [0, 0.05) is 24.5 Å². The molecule has 7 heteroatoms. The Morgan fingerprint density at radius 2 is 1.96 bits per heavy atom. The molecule has 3 rings (SSSR count). The third-order valence-corrected chi connectivity index (χ3v) is 5.44. The second kappa shape index (κ2) is 8.84. The molecule has 28 heavy (non-hydrogen) atoms. The molecule has 6 nitrogen and oxygen atoms in total. The van der Waals surface area contributed by atoms with Gasteiger partial charge >= 0.3 is 0 Å². The molecule has 1 unspecified atom stereocenters. The van der Waals surface area contributed by atoms with E-state index in [1.54, 1.807) is 18.5 Å². The molecular weight excluding hydrogens is 370 g/mol. The van der Waals surface area contributed by atoms with E-state index in [1.165, 1.54) is 22.9 Å². The second-order valence-corrected chi connectivity index (χ2v) is 7.75. The number of aryl methyl sites for hydroxylation is 2. The number of amides is 1. The van der Waals surface area contributed by atoms with Crippen LogP contribution in [-0.2, 0) is 4.79 Å². The third-order valence-electron chi connectivity index (χ3n) is 4.39. The smallest absolute Gasteiger partial charge is 0.233 e. The van der Waals surface area contributed by atoms with Crippen LogP contribution in [0.3, 0.4) is 0 Å². The van der Waals surface area contributed by atoms with Crippen LogP contribution in [0, 0.1) is 13.8 Å². The average molecular weight is 394 g/mol. The first-order valence-corrected chi connectivity index (χ1v) is 9.88. The normalized spacial score (nSPS) is 11.8. The highest BCUT2D eigenvalue weighted by molar-refractivity contribution is 8.00. The van der Waals surface area contributed by atoms with Gasteiger partial charge in [-0.05, 0) is 56.2 Å². The standard InChI is InChI=1S/C21H23N5OS/c1-5-10-23-20(27)16(4)28-21-25-24-19(17-8-11-22-12-9-17)26(21)18-7-6-14(2)15(3)13-18/h5-9,11-13,16H,1,10H2,2-4H3,(H,23,27). The van der Waals surface area contributed by atoms with Crippen molar-refractivity contribution in [2.75, 3.05) is 6.54 Å². The lowest BCUT2D eigenvalue weighted by molar-refractivity contribution is -0.120. The van der Waals surface area contributed by atoms with Gasteiger partial charge in [0.1, 0.15) is 0 Å². The van der Waals surface area contributed by atoms with Crippen LogP contribution in [0.25, 0.3) is 17.1 Å². The summed E-state index contributed by atoms with van der Waals surface area (Å²) in [5, 5.41) is 12.0. The van der Waals surface area contributed by atoms with Crippen LogP contribution in [0.2, 0.25) is 0 Å². The summed E-state index contributed by atoms with van der Waals surface area (Å²) in [6.45, 7) is 10.1. The number of aromatic nitrogens is 4. The molecule has 3 aromatic rings. The molecule has 0 saturated heterocycles. The summed E-state index contributed by atoms with van der Waals surface area (Å²) in [6.07, 6.45) is 5.12. The maximum atomic E-state index is 12.3. The van der Waals surface area contributed by atoms with E-state index in [-0.39, 0.29) is 11.2 Å². The van der Waals surface area contributed by atoms with Crippen molar-refractivity contribution < 1.29 is 4.79 Å². The van der Waals surface area contributed by atoms with E-state index >= 15 is 0 Å². The highest BCUT2D eigenvalue weighted by Crippen LogP contribution is 2.30.